The summed E-state index contributed by atoms with van der Waals surface area (Å²) in [7, 11) is 0. The number of rotatable bonds is 4. The van der Waals surface area contributed by atoms with Crippen LogP contribution in [0.2, 0.25) is 0 Å². The third-order valence-electron chi connectivity index (χ3n) is 3.08. The van der Waals surface area contributed by atoms with Crippen LogP contribution in [0.25, 0.3) is 0 Å². The van der Waals surface area contributed by atoms with E-state index in [0.29, 0.717) is 11.3 Å². The fourth-order valence-electron chi connectivity index (χ4n) is 2.09. The number of carboxylic acids is 2. The molecular weight excluding hydrogens is 250 g/mol. The van der Waals surface area contributed by atoms with E-state index < -0.39 is 17.9 Å². The van der Waals surface area contributed by atoms with Gasteiger partial charge in [0, 0.05) is 18.7 Å². The first-order valence-corrected chi connectivity index (χ1v) is 5.81. The molecule has 1 atom stereocenters. The summed E-state index contributed by atoms with van der Waals surface area (Å²) in [6.45, 7) is 0.159. The van der Waals surface area contributed by atoms with Gasteiger partial charge in [0.2, 0.25) is 5.91 Å². The van der Waals surface area contributed by atoms with E-state index in [9.17, 15) is 14.4 Å². The second kappa shape index (κ2) is 5.09. The summed E-state index contributed by atoms with van der Waals surface area (Å²) in [6, 6.07) is 6.54. The molecule has 1 fully saturated rings. The summed E-state index contributed by atoms with van der Waals surface area (Å²) in [5.41, 5.74) is 1.24. The van der Waals surface area contributed by atoms with Crippen LogP contribution in [0.5, 0.6) is 0 Å². The maximum atomic E-state index is 11.7. The fraction of sp³-hybridized carbons (Fsp3) is 0.308. The molecule has 0 radical (unpaired) electrons. The zero-order chi connectivity index (χ0) is 14.0. The maximum Gasteiger partial charge on any atom is 0.308 e. The fourth-order valence-corrected chi connectivity index (χ4v) is 2.09. The molecule has 1 heterocycles. The SMILES string of the molecule is O=C(O)Cc1ccc(N2CC(C(=O)O)CC2=O)cc1. The molecule has 0 bridgehead atoms. The van der Waals surface area contributed by atoms with E-state index in [1.165, 1.54) is 4.90 Å². The van der Waals surface area contributed by atoms with Crippen LogP contribution >= 0.6 is 0 Å². The Morgan fingerprint density at radius 3 is 2.32 bits per heavy atom. The molecule has 19 heavy (non-hydrogen) atoms. The molecule has 1 aromatic carbocycles. The topological polar surface area (TPSA) is 94.9 Å². The lowest BCUT2D eigenvalue weighted by Gasteiger charge is -2.16. The van der Waals surface area contributed by atoms with Gasteiger partial charge >= 0.3 is 11.9 Å². The molecule has 0 aromatic heterocycles. The third-order valence-corrected chi connectivity index (χ3v) is 3.08. The first-order chi connectivity index (χ1) is 8.97. The average Bonchev–Trinajstić information content (AvgIpc) is 2.72. The van der Waals surface area contributed by atoms with Crippen molar-refractivity contribution in [1.82, 2.24) is 0 Å². The van der Waals surface area contributed by atoms with E-state index in [2.05, 4.69) is 0 Å². The van der Waals surface area contributed by atoms with Crippen LogP contribution in [0.15, 0.2) is 24.3 Å². The Morgan fingerprint density at radius 2 is 1.84 bits per heavy atom. The quantitative estimate of drug-likeness (QED) is 0.835. The van der Waals surface area contributed by atoms with E-state index in [1.54, 1.807) is 24.3 Å². The van der Waals surface area contributed by atoms with Gasteiger partial charge in [-0.15, -0.1) is 0 Å². The van der Waals surface area contributed by atoms with Crippen LogP contribution < -0.4 is 4.90 Å². The van der Waals surface area contributed by atoms with Crippen molar-refractivity contribution in [2.24, 2.45) is 5.92 Å². The van der Waals surface area contributed by atoms with Crippen LogP contribution in [-0.4, -0.2) is 34.6 Å². The number of nitrogens with zero attached hydrogens (tertiary/aromatic N) is 1. The molecule has 0 saturated carbocycles. The van der Waals surface area contributed by atoms with Gasteiger partial charge in [-0.3, -0.25) is 14.4 Å². The Kier molecular flexibility index (Phi) is 3.50. The molecule has 1 saturated heterocycles. The van der Waals surface area contributed by atoms with Crippen LogP contribution in [0.4, 0.5) is 5.69 Å². The van der Waals surface area contributed by atoms with E-state index in [-0.39, 0.29) is 25.3 Å². The standard InChI is InChI=1S/C13H13NO5/c15-11-6-9(13(18)19)7-14(11)10-3-1-8(2-4-10)5-12(16)17/h1-4,9H,5-7H2,(H,16,17)(H,18,19). The Hall–Kier alpha value is -2.37. The number of benzene rings is 1. The zero-order valence-corrected chi connectivity index (χ0v) is 10.1. The highest BCUT2D eigenvalue weighted by atomic mass is 16.4. The summed E-state index contributed by atoms with van der Waals surface area (Å²) in [6.07, 6.45) is -0.0712. The van der Waals surface area contributed by atoms with Crippen LogP contribution in [0, 0.1) is 5.92 Å². The van der Waals surface area contributed by atoms with Crippen molar-refractivity contribution in [2.45, 2.75) is 12.8 Å². The molecule has 6 nitrogen and oxygen atoms in total. The minimum atomic E-state index is -0.974. The van der Waals surface area contributed by atoms with Crippen molar-refractivity contribution in [3.63, 3.8) is 0 Å². The number of hydrogen-bond acceptors (Lipinski definition) is 3. The largest absolute Gasteiger partial charge is 0.481 e. The number of anilines is 1. The monoisotopic (exact) mass is 263 g/mol. The summed E-state index contributed by atoms with van der Waals surface area (Å²) in [5, 5.41) is 17.6. The van der Waals surface area contributed by atoms with Crippen LogP contribution in [0.1, 0.15) is 12.0 Å². The Balaban J connectivity index is 2.12. The second-order valence-electron chi connectivity index (χ2n) is 4.48. The highest BCUT2D eigenvalue weighted by molar-refractivity contribution is 5.99. The van der Waals surface area contributed by atoms with Crippen molar-refractivity contribution in [1.29, 1.82) is 0 Å². The molecule has 0 spiro atoms. The smallest absolute Gasteiger partial charge is 0.308 e. The number of aliphatic carboxylic acids is 2. The van der Waals surface area contributed by atoms with Gasteiger partial charge < -0.3 is 15.1 Å². The van der Waals surface area contributed by atoms with Crippen molar-refractivity contribution in [3.05, 3.63) is 29.8 Å². The molecule has 2 N–H and O–H groups in total. The predicted octanol–water partition coefficient (Wildman–Crippen LogP) is 0.751. The molecule has 6 heteroatoms. The Labute approximate surface area is 109 Å². The lowest BCUT2D eigenvalue weighted by molar-refractivity contribution is -0.141. The van der Waals surface area contributed by atoms with Crippen LogP contribution in [-0.2, 0) is 20.8 Å². The van der Waals surface area contributed by atoms with Gasteiger partial charge in [0.05, 0.1) is 12.3 Å². The molecule has 1 aliphatic heterocycles. The lowest BCUT2D eigenvalue weighted by atomic mass is 10.1. The van der Waals surface area contributed by atoms with Crippen molar-refractivity contribution < 1.29 is 24.6 Å². The van der Waals surface area contributed by atoms with Gasteiger partial charge in [-0.2, -0.15) is 0 Å². The van der Waals surface area contributed by atoms with Gasteiger partial charge in [0.1, 0.15) is 0 Å². The number of hydrogen-bond donors (Lipinski definition) is 2. The molecule has 1 aliphatic rings. The summed E-state index contributed by atoms with van der Waals surface area (Å²) in [5.74, 6) is -2.79. The van der Waals surface area contributed by atoms with Gasteiger partial charge in [0.15, 0.2) is 0 Å². The molecule has 1 amide bonds. The molecule has 1 aromatic rings. The zero-order valence-electron chi connectivity index (χ0n) is 10.1. The normalized spacial score (nSPS) is 18.6. The molecule has 100 valence electrons. The van der Waals surface area contributed by atoms with Gasteiger partial charge in [-0.25, -0.2) is 0 Å². The lowest BCUT2D eigenvalue weighted by Crippen LogP contribution is -2.25. The predicted molar refractivity (Wildman–Crippen MR) is 65.9 cm³/mol. The minimum absolute atomic E-state index is 0.00616. The van der Waals surface area contributed by atoms with Crippen LogP contribution in [0.3, 0.4) is 0 Å². The molecule has 2 rings (SSSR count). The first kappa shape index (κ1) is 13.1. The highest BCUT2D eigenvalue weighted by Crippen LogP contribution is 2.25. The van der Waals surface area contributed by atoms with E-state index >= 15 is 0 Å². The maximum absolute atomic E-state index is 11.7. The molecular formula is C13H13NO5. The van der Waals surface area contributed by atoms with E-state index in [4.69, 9.17) is 10.2 Å². The highest BCUT2D eigenvalue weighted by Gasteiger charge is 2.34. The number of carboxylic acid groups (broad SMARTS) is 2. The second-order valence-corrected chi connectivity index (χ2v) is 4.48. The Bertz CT molecular complexity index is 522. The molecule has 0 aliphatic carbocycles. The average molecular weight is 263 g/mol. The van der Waals surface area contributed by atoms with E-state index in [1.807, 2.05) is 0 Å². The summed E-state index contributed by atoms with van der Waals surface area (Å²) >= 11 is 0. The van der Waals surface area contributed by atoms with Crippen molar-refractivity contribution >= 4 is 23.5 Å². The van der Waals surface area contributed by atoms with E-state index in [0.717, 1.165) is 0 Å². The van der Waals surface area contributed by atoms with Crippen molar-refractivity contribution in [3.8, 4) is 0 Å². The number of carbonyl (C=O) groups excluding carboxylic acids is 1. The van der Waals surface area contributed by atoms with Crippen molar-refractivity contribution in [2.75, 3.05) is 11.4 Å². The van der Waals surface area contributed by atoms with Gasteiger partial charge in [0.25, 0.3) is 0 Å². The van der Waals surface area contributed by atoms with Gasteiger partial charge in [-0.05, 0) is 17.7 Å². The van der Waals surface area contributed by atoms with Gasteiger partial charge in [-0.1, -0.05) is 12.1 Å². The number of amides is 1. The summed E-state index contributed by atoms with van der Waals surface area (Å²) in [4.78, 5) is 34.5. The molecule has 1 unspecified atom stereocenters. The number of carbonyl (C=O) groups is 3. The minimum Gasteiger partial charge on any atom is -0.481 e. The first-order valence-electron chi connectivity index (χ1n) is 5.81. The third kappa shape index (κ3) is 2.90. The summed E-state index contributed by atoms with van der Waals surface area (Å²) < 4.78 is 0. The Morgan fingerprint density at radius 1 is 1.21 bits per heavy atom.